The minimum Gasteiger partial charge on any atom is -0.280 e. The Kier molecular flexibility index (Phi) is 6.72. The average molecular weight is 584 g/mol. The molecule has 0 unspecified atom stereocenters. The number of rotatable bonds is 5. The van der Waals surface area contributed by atoms with Crippen LogP contribution in [0.25, 0.3) is 11.6 Å². The number of anilines is 3. The van der Waals surface area contributed by atoms with Crippen molar-refractivity contribution in [1.29, 1.82) is 0 Å². The maximum absolute atomic E-state index is 13.5. The minimum absolute atomic E-state index is 0.0238. The number of imidazole rings is 2. The van der Waals surface area contributed by atoms with Gasteiger partial charge in [0.25, 0.3) is 0 Å². The van der Waals surface area contributed by atoms with Gasteiger partial charge in [0.2, 0.25) is 11.6 Å². The van der Waals surface area contributed by atoms with E-state index in [2.05, 4.69) is 19.9 Å². The SMILES string of the molecule is FC(F)(F)c1nccn1-c1cccc(N(c2cccc(-n3ccnc3C(F)(F)F)n2)c2c(Cl)cccc2Cl)n1. The van der Waals surface area contributed by atoms with Crippen LogP contribution in [0.15, 0.2) is 79.4 Å². The monoisotopic (exact) mass is 583 g/mol. The van der Waals surface area contributed by atoms with E-state index in [4.69, 9.17) is 23.2 Å². The van der Waals surface area contributed by atoms with E-state index in [1.807, 2.05) is 0 Å². The van der Waals surface area contributed by atoms with Crippen molar-refractivity contribution in [3.8, 4) is 11.6 Å². The summed E-state index contributed by atoms with van der Waals surface area (Å²) in [6.07, 6.45) is -5.37. The number of pyridine rings is 2. The molecule has 4 aromatic heterocycles. The number of halogens is 8. The standard InChI is InChI=1S/C24H13Cl2F6N7/c25-14-4-1-5-15(26)20(14)39(18-8-2-6-16(35-18)37-12-10-33-21(37)23(27,28)29)19-9-3-7-17(36-19)38-13-11-34-22(38)24(30,31)32/h1-13H. The number of hydrogen-bond donors (Lipinski definition) is 0. The fourth-order valence-electron chi connectivity index (χ4n) is 3.79. The first-order valence-corrected chi connectivity index (χ1v) is 11.6. The van der Waals surface area contributed by atoms with E-state index in [0.29, 0.717) is 0 Å². The molecule has 0 bridgehead atoms. The van der Waals surface area contributed by atoms with Crippen LogP contribution in [-0.4, -0.2) is 29.1 Å². The van der Waals surface area contributed by atoms with Crippen molar-refractivity contribution < 1.29 is 26.3 Å². The number of benzene rings is 1. The van der Waals surface area contributed by atoms with Gasteiger partial charge in [-0.25, -0.2) is 19.9 Å². The maximum Gasteiger partial charge on any atom is 0.450 e. The molecule has 39 heavy (non-hydrogen) atoms. The molecule has 0 atom stereocenters. The van der Waals surface area contributed by atoms with Crippen LogP contribution in [0.3, 0.4) is 0 Å². The van der Waals surface area contributed by atoms with E-state index in [-0.39, 0.29) is 39.0 Å². The zero-order chi connectivity index (χ0) is 27.9. The van der Waals surface area contributed by atoms with Crippen LogP contribution in [0.4, 0.5) is 43.7 Å². The summed E-state index contributed by atoms with van der Waals surface area (Å²) in [5.41, 5.74) is 0.151. The third kappa shape index (κ3) is 5.14. The molecule has 15 heteroatoms. The van der Waals surface area contributed by atoms with Gasteiger partial charge in [-0.05, 0) is 36.4 Å². The molecular formula is C24H13Cl2F6N7. The molecule has 5 aromatic rings. The molecule has 0 radical (unpaired) electrons. The van der Waals surface area contributed by atoms with Gasteiger partial charge in [-0.3, -0.25) is 14.0 Å². The second-order valence-electron chi connectivity index (χ2n) is 7.85. The summed E-state index contributed by atoms with van der Waals surface area (Å²) in [6.45, 7) is 0. The summed E-state index contributed by atoms with van der Waals surface area (Å²) in [5, 5.41) is 0.248. The molecular weight excluding hydrogens is 571 g/mol. The average Bonchev–Trinajstić information content (AvgIpc) is 3.57. The van der Waals surface area contributed by atoms with Crippen LogP contribution in [0.1, 0.15) is 11.6 Å². The van der Waals surface area contributed by atoms with Crippen molar-refractivity contribution in [1.82, 2.24) is 29.1 Å². The molecule has 0 saturated carbocycles. The number of para-hydroxylation sites is 1. The summed E-state index contributed by atoms with van der Waals surface area (Å²) in [7, 11) is 0. The molecule has 4 heterocycles. The van der Waals surface area contributed by atoms with Crippen LogP contribution < -0.4 is 4.90 Å². The van der Waals surface area contributed by atoms with E-state index >= 15 is 0 Å². The Labute approximate surface area is 225 Å². The van der Waals surface area contributed by atoms with E-state index in [0.717, 1.165) is 33.9 Å². The number of nitrogens with zero attached hydrogens (tertiary/aromatic N) is 7. The quantitative estimate of drug-likeness (QED) is 0.199. The Morgan fingerprint density at radius 2 is 1.03 bits per heavy atom. The molecule has 0 amide bonds. The molecule has 0 saturated heterocycles. The fraction of sp³-hybridized carbons (Fsp3) is 0.0833. The van der Waals surface area contributed by atoms with Gasteiger partial charge in [0.15, 0.2) is 0 Å². The Balaban J connectivity index is 1.70. The topological polar surface area (TPSA) is 64.7 Å². The summed E-state index contributed by atoms with van der Waals surface area (Å²) in [5.74, 6) is -2.64. The highest BCUT2D eigenvalue weighted by atomic mass is 35.5. The first-order valence-electron chi connectivity index (χ1n) is 10.9. The highest BCUT2D eigenvalue weighted by Gasteiger charge is 2.38. The van der Waals surface area contributed by atoms with Crippen molar-refractivity contribution >= 4 is 40.5 Å². The summed E-state index contributed by atoms with van der Waals surface area (Å²) in [6, 6.07) is 13.1. The summed E-state index contributed by atoms with van der Waals surface area (Å²) >= 11 is 12.9. The maximum atomic E-state index is 13.5. The number of hydrogen-bond acceptors (Lipinski definition) is 5. The Bertz CT molecular complexity index is 1530. The Morgan fingerprint density at radius 1 is 0.615 bits per heavy atom. The first-order chi connectivity index (χ1) is 18.4. The van der Waals surface area contributed by atoms with Gasteiger partial charge in [-0.2, -0.15) is 26.3 Å². The molecule has 0 N–H and O–H groups in total. The van der Waals surface area contributed by atoms with Gasteiger partial charge in [0.1, 0.15) is 23.3 Å². The van der Waals surface area contributed by atoms with Crippen molar-refractivity contribution in [3.63, 3.8) is 0 Å². The predicted molar refractivity (Wildman–Crippen MR) is 131 cm³/mol. The minimum atomic E-state index is -4.76. The van der Waals surface area contributed by atoms with Gasteiger partial charge < -0.3 is 0 Å². The molecule has 0 aliphatic heterocycles. The lowest BCUT2D eigenvalue weighted by Crippen LogP contribution is -2.18. The Morgan fingerprint density at radius 3 is 1.44 bits per heavy atom. The lowest BCUT2D eigenvalue weighted by Gasteiger charge is -2.26. The van der Waals surface area contributed by atoms with E-state index in [1.165, 1.54) is 53.4 Å². The third-order valence-electron chi connectivity index (χ3n) is 5.34. The van der Waals surface area contributed by atoms with Crippen LogP contribution in [0, 0.1) is 0 Å². The lowest BCUT2D eigenvalue weighted by atomic mass is 10.2. The number of alkyl halides is 6. The molecule has 7 nitrogen and oxygen atoms in total. The molecule has 0 aliphatic carbocycles. The van der Waals surface area contributed by atoms with E-state index in [9.17, 15) is 26.3 Å². The molecule has 1 aromatic carbocycles. The lowest BCUT2D eigenvalue weighted by molar-refractivity contribution is -0.146. The molecule has 0 fully saturated rings. The normalized spacial score (nSPS) is 12.1. The van der Waals surface area contributed by atoms with Crippen molar-refractivity contribution in [2.45, 2.75) is 12.4 Å². The van der Waals surface area contributed by atoms with Gasteiger partial charge in [-0.15, -0.1) is 0 Å². The van der Waals surface area contributed by atoms with Gasteiger partial charge >= 0.3 is 12.4 Å². The van der Waals surface area contributed by atoms with Crippen LogP contribution >= 0.6 is 23.2 Å². The summed E-state index contributed by atoms with van der Waals surface area (Å²) in [4.78, 5) is 16.8. The highest BCUT2D eigenvalue weighted by molar-refractivity contribution is 6.39. The molecule has 200 valence electrons. The van der Waals surface area contributed by atoms with E-state index in [1.54, 1.807) is 6.07 Å². The van der Waals surface area contributed by atoms with Crippen LogP contribution in [0.2, 0.25) is 10.0 Å². The second kappa shape index (κ2) is 9.89. The zero-order valence-corrected chi connectivity index (χ0v) is 20.7. The van der Waals surface area contributed by atoms with Crippen LogP contribution in [0.5, 0.6) is 0 Å². The molecule has 5 rings (SSSR count). The van der Waals surface area contributed by atoms with Crippen LogP contribution in [-0.2, 0) is 12.4 Å². The molecule has 0 aliphatic rings. The zero-order valence-electron chi connectivity index (χ0n) is 19.2. The first kappa shape index (κ1) is 26.5. The summed E-state index contributed by atoms with van der Waals surface area (Å²) < 4.78 is 82.5. The van der Waals surface area contributed by atoms with Gasteiger partial charge in [0, 0.05) is 24.8 Å². The van der Waals surface area contributed by atoms with Crippen molar-refractivity contribution in [2.24, 2.45) is 0 Å². The fourth-order valence-corrected chi connectivity index (χ4v) is 4.35. The van der Waals surface area contributed by atoms with Crippen molar-refractivity contribution in [2.75, 3.05) is 4.90 Å². The van der Waals surface area contributed by atoms with E-state index < -0.39 is 24.0 Å². The smallest absolute Gasteiger partial charge is 0.280 e. The van der Waals surface area contributed by atoms with Gasteiger partial charge in [0.05, 0.1) is 15.7 Å². The second-order valence-corrected chi connectivity index (χ2v) is 8.67. The largest absolute Gasteiger partial charge is 0.450 e. The van der Waals surface area contributed by atoms with Crippen molar-refractivity contribution in [3.05, 3.63) is 101 Å². The number of aromatic nitrogens is 6. The Hall–Kier alpha value is -4.10. The molecule has 0 spiro atoms. The van der Waals surface area contributed by atoms with Gasteiger partial charge in [-0.1, -0.05) is 41.4 Å². The highest BCUT2D eigenvalue weighted by Crippen LogP contribution is 2.42. The third-order valence-corrected chi connectivity index (χ3v) is 5.95. The predicted octanol–water partition coefficient (Wildman–Crippen LogP) is 7.66.